The summed E-state index contributed by atoms with van der Waals surface area (Å²) in [6, 6.07) is 4.20. The van der Waals surface area contributed by atoms with Crippen LogP contribution in [0, 0.1) is 0 Å². The van der Waals surface area contributed by atoms with Gasteiger partial charge >= 0.3 is 0 Å². The number of rotatable bonds is 3. The van der Waals surface area contributed by atoms with Gasteiger partial charge in [-0.15, -0.1) is 0 Å². The van der Waals surface area contributed by atoms with E-state index in [0.717, 1.165) is 6.08 Å². The van der Waals surface area contributed by atoms with Gasteiger partial charge in [0.15, 0.2) is 6.29 Å². The smallest absolute Gasteiger partial charge is 0.247 e. The van der Waals surface area contributed by atoms with E-state index in [1.54, 1.807) is 0 Å². The van der Waals surface area contributed by atoms with Crippen LogP contribution >= 0.6 is 0 Å². The molecule has 0 heterocycles. The van der Waals surface area contributed by atoms with Crippen molar-refractivity contribution in [3.63, 3.8) is 0 Å². The number of carbonyl (C=O) groups is 2. The summed E-state index contributed by atoms with van der Waals surface area (Å²) >= 11 is 0. The Kier molecular flexibility index (Phi) is 3.01. The van der Waals surface area contributed by atoms with Crippen LogP contribution in [0.15, 0.2) is 30.9 Å². The fourth-order valence-electron chi connectivity index (χ4n) is 0.920. The molecule has 1 aromatic rings. The molecule has 0 aliphatic rings. The largest absolute Gasteiger partial charge is 0.507 e. The zero-order valence-electron chi connectivity index (χ0n) is 7.36. The molecule has 0 bridgehead atoms. The van der Waals surface area contributed by atoms with Gasteiger partial charge in [0.1, 0.15) is 5.75 Å². The molecule has 1 rings (SSSR count). The van der Waals surface area contributed by atoms with E-state index in [2.05, 4.69) is 11.9 Å². The van der Waals surface area contributed by atoms with E-state index in [9.17, 15) is 9.59 Å². The molecular formula is C10H9NO3. The number of benzene rings is 1. The highest BCUT2D eigenvalue weighted by atomic mass is 16.3. The molecule has 1 amide bonds. The third-order valence-electron chi connectivity index (χ3n) is 1.61. The fraction of sp³-hybridized carbons (Fsp3) is 0. The Labute approximate surface area is 80.9 Å². The standard InChI is InChI=1S/C10H9NO3/c1-2-10(14)11-8-3-4-9(13)7(5-8)6-12/h2-6,13H,1H2,(H,11,14). The van der Waals surface area contributed by atoms with Crippen molar-refractivity contribution < 1.29 is 14.7 Å². The monoisotopic (exact) mass is 191 g/mol. The summed E-state index contributed by atoms with van der Waals surface area (Å²) in [7, 11) is 0. The number of amides is 1. The van der Waals surface area contributed by atoms with E-state index in [-0.39, 0.29) is 17.2 Å². The summed E-state index contributed by atoms with van der Waals surface area (Å²) in [5.74, 6) is -0.482. The van der Waals surface area contributed by atoms with Gasteiger partial charge in [-0.2, -0.15) is 0 Å². The van der Waals surface area contributed by atoms with E-state index in [1.165, 1.54) is 18.2 Å². The molecule has 0 aromatic heterocycles. The highest BCUT2D eigenvalue weighted by Crippen LogP contribution is 2.19. The van der Waals surface area contributed by atoms with Crippen LogP contribution < -0.4 is 5.32 Å². The number of aldehydes is 1. The molecule has 0 aliphatic heterocycles. The molecule has 0 aliphatic carbocycles. The summed E-state index contributed by atoms with van der Waals surface area (Å²) in [6.45, 7) is 3.29. The predicted octanol–water partition coefficient (Wildman–Crippen LogP) is 1.33. The number of carbonyl (C=O) groups excluding carboxylic acids is 2. The second-order valence-corrected chi connectivity index (χ2v) is 2.58. The third kappa shape index (κ3) is 2.20. The van der Waals surface area contributed by atoms with Crippen LogP contribution in [-0.2, 0) is 4.79 Å². The molecule has 0 spiro atoms. The third-order valence-corrected chi connectivity index (χ3v) is 1.61. The fourth-order valence-corrected chi connectivity index (χ4v) is 0.920. The summed E-state index contributed by atoms with van der Waals surface area (Å²) in [5, 5.41) is 11.6. The van der Waals surface area contributed by atoms with E-state index >= 15 is 0 Å². The van der Waals surface area contributed by atoms with Crippen LogP contribution in [0.4, 0.5) is 5.69 Å². The first-order valence-corrected chi connectivity index (χ1v) is 3.89. The van der Waals surface area contributed by atoms with Gasteiger partial charge in [-0.25, -0.2) is 0 Å². The van der Waals surface area contributed by atoms with Gasteiger partial charge in [0, 0.05) is 5.69 Å². The van der Waals surface area contributed by atoms with Crippen LogP contribution in [0.5, 0.6) is 5.75 Å². The molecule has 72 valence electrons. The Morgan fingerprint density at radius 1 is 1.50 bits per heavy atom. The van der Waals surface area contributed by atoms with Gasteiger partial charge in [0.25, 0.3) is 0 Å². The molecule has 0 saturated carbocycles. The van der Waals surface area contributed by atoms with Crippen LogP contribution in [-0.4, -0.2) is 17.3 Å². The molecule has 2 N–H and O–H groups in total. The van der Waals surface area contributed by atoms with Crippen LogP contribution in [0.3, 0.4) is 0 Å². The van der Waals surface area contributed by atoms with Crippen LogP contribution in [0.25, 0.3) is 0 Å². The van der Waals surface area contributed by atoms with E-state index in [4.69, 9.17) is 5.11 Å². The van der Waals surface area contributed by atoms with Gasteiger partial charge in [-0.1, -0.05) is 6.58 Å². The Morgan fingerprint density at radius 2 is 2.21 bits per heavy atom. The topological polar surface area (TPSA) is 66.4 Å². The minimum Gasteiger partial charge on any atom is -0.507 e. The number of anilines is 1. The van der Waals surface area contributed by atoms with Crippen molar-refractivity contribution >= 4 is 17.9 Å². The number of hydrogen-bond acceptors (Lipinski definition) is 3. The quantitative estimate of drug-likeness (QED) is 0.430. The average Bonchev–Trinajstić information content (AvgIpc) is 2.20. The Hall–Kier alpha value is -2.10. The first kappa shape index (κ1) is 9.98. The number of phenols is 1. The van der Waals surface area contributed by atoms with Crippen molar-refractivity contribution in [1.29, 1.82) is 0 Å². The lowest BCUT2D eigenvalue weighted by molar-refractivity contribution is -0.111. The highest BCUT2D eigenvalue weighted by Gasteiger charge is 2.02. The van der Waals surface area contributed by atoms with Crippen molar-refractivity contribution in [1.82, 2.24) is 0 Å². The number of aromatic hydroxyl groups is 1. The zero-order chi connectivity index (χ0) is 10.6. The maximum Gasteiger partial charge on any atom is 0.247 e. The lowest BCUT2D eigenvalue weighted by atomic mass is 10.2. The summed E-state index contributed by atoms with van der Waals surface area (Å²) < 4.78 is 0. The molecule has 0 atom stereocenters. The maximum absolute atomic E-state index is 10.9. The normalized spacial score (nSPS) is 9.14. The van der Waals surface area contributed by atoms with Crippen molar-refractivity contribution in [2.24, 2.45) is 0 Å². The number of nitrogens with one attached hydrogen (secondary N) is 1. The van der Waals surface area contributed by atoms with Gasteiger partial charge in [0.05, 0.1) is 5.56 Å². The molecule has 14 heavy (non-hydrogen) atoms. The summed E-state index contributed by atoms with van der Waals surface area (Å²) in [5.41, 5.74) is 0.571. The highest BCUT2D eigenvalue weighted by molar-refractivity contribution is 5.99. The van der Waals surface area contributed by atoms with Crippen molar-refractivity contribution in [2.45, 2.75) is 0 Å². The molecule has 0 saturated heterocycles. The van der Waals surface area contributed by atoms with Gasteiger partial charge < -0.3 is 10.4 Å². The number of phenolic OH excluding ortho intramolecular Hbond substituents is 1. The van der Waals surface area contributed by atoms with E-state index < -0.39 is 0 Å². The SMILES string of the molecule is C=CC(=O)Nc1ccc(O)c(C=O)c1. The Bertz CT molecular complexity index is 385. The molecular weight excluding hydrogens is 182 g/mol. The first-order valence-electron chi connectivity index (χ1n) is 3.89. The summed E-state index contributed by atoms with van der Waals surface area (Å²) in [4.78, 5) is 21.3. The van der Waals surface area contributed by atoms with Gasteiger partial charge in [-0.05, 0) is 24.3 Å². The lowest BCUT2D eigenvalue weighted by Gasteiger charge is -2.03. The molecule has 0 fully saturated rings. The Morgan fingerprint density at radius 3 is 2.79 bits per heavy atom. The van der Waals surface area contributed by atoms with E-state index in [0.29, 0.717) is 12.0 Å². The first-order chi connectivity index (χ1) is 6.67. The minimum absolute atomic E-state index is 0.114. The minimum atomic E-state index is -0.368. The van der Waals surface area contributed by atoms with Crippen LogP contribution in [0.2, 0.25) is 0 Å². The van der Waals surface area contributed by atoms with E-state index in [1.807, 2.05) is 0 Å². The van der Waals surface area contributed by atoms with Crippen LogP contribution in [0.1, 0.15) is 10.4 Å². The molecule has 0 unspecified atom stereocenters. The van der Waals surface area contributed by atoms with Crippen molar-refractivity contribution in [3.8, 4) is 5.75 Å². The number of hydrogen-bond donors (Lipinski definition) is 2. The molecule has 4 nitrogen and oxygen atoms in total. The van der Waals surface area contributed by atoms with Crippen molar-refractivity contribution in [3.05, 3.63) is 36.4 Å². The van der Waals surface area contributed by atoms with Gasteiger partial charge in [-0.3, -0.25) is 9.59 Å². The van der Waals surface area contributed by atoms with Crippen molar-refractivity contribution in [2.75, 3.05) is 5.32 Å². The second kappa shape index (κ2) is 4.23. The zero-order valence-corrected chi connectivity index (χ0v) is 7.36. The maximum atomic E-state index is 10.9. The Balaban J connectivity index is 2.94. The molecule has 4 heteroatoms. The lowest BCUT2D eigenvalue weighted by Crippen LogP contribution is -2.07. The molecule has 0 radical (unpaired) electrons. The summed E-state index contributed by atoms with van der Waals surface area (Å²) in [6.07, 6.45) is 1.63. The van der Waals surface area contributed by atoms with Gasteiger partial charge in [0.2, 0.25) is 5.91 Å². The predicted molar refractivity (Wildman–Crippen MR) is 52.3 cm³/mol. The average molecular weight is 191 g/mol. The molecule has 1 aromatic carbocycles. The second-order valence-electron chi connectivity index (χ2n) is 2.58.